The molecule has 0 aromatic heterocycles. The predicted octanol–water partition coefficient (Wildman–Crippen LogP) is 1.17. The molecule has 0 aliphatic rings. The predicted molar refractivity (Wildman–Crippen MR) is 78.7 cm³/mol. The van der Waals surface area contributed by atoms with Crippen molar-refractivity contribution in [3.63, 3.8) is 0 Å². The van der Waals surface area contributed by atoms with E-state index in [0.29, 0.717) is 19.0 Å². The van der Waals surface area contributed by atoms with Gasteiger partial charge < -0.3 is 11.5 Å². The summed E-state index contributed by atoms with van der Waals surface area (Å²) in [6.45, 7) is 6.74. The van der Waals surface area contributed by atoms with Crippen LogP contribution in [0.1, 0.15) is 25.3 Å². The van der Waals surface area contributed by atoms with Crippen molar-refractivity contribution >= 4 is 5.91 Å². The highest BCUT2D eigenvalue weighted by Crippen LogP contribution is 2.16. The van der Waals surface area contributed by atoms with Crippen LogP contribution in [-0.2, 0) is 4.79 Å². The van der Waals surface area contributed by atoms with Crippen molar-refractivity contribution in [2.45, 2.75) is 19.8 Å². The average molecular weight is 263 g/mol. The first-order chi connectivity index (χ1) is 9.02. The summed E-state index contributed by atoms with van der Waals surface area (Å²) >= 11 is 0. The first kappa shape index (κ1) is 15.7. The van der Waals surface area contributed by atoms with E-state index < -0.39 is 0 Å². The Morgan fingerprint density at radius 2 is 1.84 bits per heavy atom. The molecular formula is C15H25N3O. The monoisotopic (exact) mass is 263 g/mol. The number of rotatable bonds is 8. The molecule has 1 rings (SSSR count). The molecular weight excluding hydrogens is 238 g/mol. The Morgan fingerprint density at radius 1 is 1.21 bits per heavy atom. The van der Waals surface area contributed by atoms with Crippen LogP contribution in [0.4, 0.5) is 0 Å². The fourth-order valence-electron chi connectivity index (χ4n) is 2.29. The second kappa shape index (κ2) is 7.92. The van der Waals surface area contributed by atoms with Gasteiger partial charge in [0, 0.05) is 25.6 Å². The maximum absolute atomic E-state index is 11.1. The van der Waals surface area contributed by atoms with E-state index in [1.165, 1.54) is 5.56 Å². The summed E-state index contributed by atoms with van der Waals surface area (Å²) in [4.78, 5) is 13.2. The van der Waals surface area contributed by atoms with Gasteiger partial charge in [0.25, 0.3) is 0 Å². The van der Waals surface area contributed by atoms with E-state index in [9.17, 15) is 4.79 Å². The minimum absolute atomic E-state index is 0.235. The van der Waals surface area contributed by atoms with Gasteiger partial charge in [-0.25, -0.2) is 0 Å². The fraction of sp³-hybridized carbons (Fsp3) is 0.533. The second-order valence-electron chi connectivity index (χ2n) is 5.40. The highest BCUT2D eigenvalue weighted by molar-refractivity contribution is 5.75. The highest BCUT2D eigenvalue weighted by Gasteiger charge is 2.17. The number of nitrogens with zero attached hydrogens (tertiary/aromatic N) is 1. The van der Waals surface area contributed by atoms with Crippen molar-refractivity contribution < 1.29 is 4.79 Å². The molecule has 1 aromatic carbocycles. The standard InChI is InChI=1S/C15H25N3O/c1-12(2)9-18(11-15(17)19)10-14(8-16)13-6-4-3-5-7-13/h3-7,12,14H,8-11,16H2,1-2H3,(H2,17,19). The molecule has 1 amide bonds. The minimum atomic E-state index is -0.288. The Labute approximate surface area is 115 Å². The molecule has 4 heteroatoms. The van der Waals surface area contributed by atoms with Crippen molar-refractivity contribution in [3.8, 4) is 0 Å². The van der Waals surface area contributed by atoms with Gasteiger partial charge in [0.2, 0.25) is 5.91 Å². The van der Waals surface area contributed by atoms with Crippen LogP contribution in [0.5, 0.6) is 0 Å². The summed E-state index contributed by atoms with van der Waals surface area (Å²) in [5.74, 6) is 0.442. The average Bonchev–Trinajstić information content (AvgIpc) is 2.35. The number of nitrogens with two attached hydrogens (primary N) is 2. The van der Waals surface area contributed by atoms with Crippen LogP contribution >= 0.6 is 0 Å². The van der Waals surface area contributed by atoms with Gasteiger partial charge in [0.05, 0.1) is 6.54 Å². The van der Waals surface area contributed by atoms with E-state index in [0.717, 1.165) is 13.1 Å². The molecule has 0 saturated carbocycles. The number of primary amides is 1. The quantitative estimate of drug-likeness (QED) is 0.739. The molecule has 0 heterocycles. The summed E-state index contributed by atoms with van der Waals surface area (Å²) in [6.07, 6.45) is 0. The summed E-state index contributed by atoms with van der Waals surface area (Å²) < 4.78 is 0. The SMILES string of the molecule is CC(C)CN(CC(N)=O)CC(CN)c1ccccc1. The Bertz CT molecular complexity index is 378. The van der Waals surface area contributed by atoms with Crippen LogP contribution in [0.3, 0.4) is 0 Å². The molecule has 0 radical (unpaired) electrons. The van der Waals surface area contributed by atoms with Gasteiger partial charge in [0.15, 0.2) is 0 Å². The van der Waals surface area contributed by atoms with Crippen molar-refractivity contribution in [3.05, 3.63) is 35.9 Å². The summed E-state index contributed by atoms with van der Waals surface area (Å²) in [6, 6.07) is 10.2. The highest BCUT2D eigenvalue weighted by atomic mass is 16.1. The molecule has 0 bridgehead atoms. The lowest BCUT2D eigenvalue weighted by Gasteiger charge is -2.27. The summed E-state index contributed by atoms with van der Waals surface area (Å²) in [7, 11) is 0. The molecule has 4 N–H and O–H groups in total. The molecule has 0 aliphatic heterocycles. The van der Waals surface area contributed by atoms with Crippen LogP contribution in [0.15, 0.2) is 30.3 Å². The first-order valence-electron chi connectivity index (χ1n) is 6.78. The van der Waals surface area contributed by atoms with Crippen LogP contribution < -0.4 is 11.5 Å². The van der Waals surface area contributed by atoms with E-state index in [-0.39, 0.29) is 11.8 Å². The van der Waals surface area contributed by atoms with Crippen LogP contribution in [0.2, 0.25) is 0 Å². The van der Waals surface area contributed by atoms with Gasteiger partial charge >= 0.3 is 0 Å². The number of hydrogen-bond acceptors (Lipinski definition) is 3. The lowest BCUT2D eigenvalue weighted by molar-refractivity contribution is -0.119. The number of carbonyl (C=O) groups excluding carboxylic acids is 1. The molecule has 1 aromatic rings. The molecule has 0 saturated heterocycles. The van der Waals surface area contributed by atoms with Gasteiger partial charge in [-0.05, 0) is 11.5 Å². The van der Waals surface area contributed by atoms with Crippen molar-refractivity contribution in [2.24, 2.45) is 17.4 Å². The molecule has 0 fully saturated rings. The zero-order valence-electron chi connectivity index (χ0n) is 11.9. The number of amides is 1. The van der Waals surface area contributed by atoms with Crippen molar-refractivity contribution in [2.75, 3.05) is 26.2 Å². The topological polar surface area (TPSA) is 72.3 Å². The molecule has 0 spiro atoms. The maximum atomic E-state index is 11.1. The first-order valence-corrected chi connectivity index (χ1v) is 6.78. The lowest BCUT2D eigenvalue weighted by atomic mass is 9.98. The largest absolute Gasteiger partial charge is 0.369 e. The zero-order valence-corrected chi connectivity index (χ0v) is 11.9. The molecule has 19 heavy (non-hydrogen) atoms. The van der Waals surface area contributed by atoms with Crippen molar-refractivity contribution in [1.82, 2.24) is 4.90 Å². The number of carbonyl (C=O) groups is 1. The second-order valence-corrected chi connectivity index (χ2v) is 5.40. The summed E-state index contributed by atoms with van der Waals surface area (Å²) in [5.41, 5.74) is 12.4. The Hall–Kier alpha value is -1.39. The third kappa shape index (κ3) is 5.85. The maximum Gasteiger partial charge on any atom is 0.231 e. The van der Waals surface area contributed by atoms with E-state index in [1.807, 2.05) is 18.2 Å². The van der Waals surface area contributed by atoms with Gasteiger partial charge in [0.1, 0.15) is 0 Å². The van der Waals surface area contributed by atoms with E-state index in [1.54, 1.807) is 0 Å². The third-order valence-corrected chi connectivity index (χ3v) is 3.04. The van der Waals surface area contributed by atoms with Crippen LogP contribution in [0.25, 0.3) is 0 Å². The third-order valence-electron chi connectivity index (χ3n) is 3.04. The summed E-state index contributed by atoms with van der Waals surface area (Å²) in [5, 5.41) is 0. The Kier molecular flexibility index (Phi) is 6.53. The van der Waals surface area contributed by atoms with Crippen LogP contribution in [-0.4, -0.2) is 37.0 Å². The Morgan fingerprint density at radius 3 is 2.32 bits per heavy atom. The number of hydrogen-bond donors (Lipinski definition) is 2. The smallest absolute Gasteiger partial charge is 0.231 e. The molecule has 0 aliphatic carbocycles. The Balaban J connectivity index is 2.71. The zero-order chi connectivity index (χ0) is 14.3. The molecule has 1 atom stereocenters. The molecule has 106 valence electrons. The minimum Gasteiger partial charge on any atom is -0.369 e. The van der Waals surface area contributed by atoms with Gasteiger partial charge in [-0.1, -0.05) is 44.2 Å². The van der Waals surface area contributed by atoms with Gasteiger partial charge in [-0.3, -0.25) is 9.69 Å². The van der Waals surface area contributed by atoms with E-state index in [2.05, 4.69) is 30.9 Å². The molecule has 1 unspecified atom stereocenters. The normalized spacial score (nSPS) is 12.9. The van der Waals surface area contributed by atoms with Crippen molar-refractivity contribution in [1.29, 1.82) is 0 Å². The van der Waals surface area contributed by atoms with E-state index >= 15 is 0 Å². The lowest BCUT2D eigenvalue weighted by Crippen LogP contribution is -2.40. The van der Waals surface area contributed by atoms with E-state index in [4.69, 9.17) is 11.5 Å². The fourth-order valence-corrected chi connectivity index (χ4v) is 2.29. The number of benzene rings is 1. The van der Waals surface area contributed by atoms with Gasteiger partial charge in [-0.15, -0.1) is 0 Å². The van der Waals surface area contributed by atoms with Crippen LogP contribution in [0, 0.1) is 5.92 Å². The van der Waals surface area contributed by atoms with Gasteiger partial charge in [-0.2, -0.15) is 0 Å². The molecule has 4 nitrogen and oxygen atoms in total.